The number of rotatable bonds is 7. The maximum absolute atomic E-state index is 8.42. The van der Waals surface area contributed by atoms with Crippen LogP contribution in [0.5, 0.6) is 0 Å². The molecule has 7 heteroatoms. The molecular weight excluding hydrogens is 346 g/mol. The van der Waals surface area contributed by atoms with Gasteiger partial charge in [0.15, 0.2) is 0 Å². The first-order valence-corrected chi connectivity index (χ1v) is 10.2. The fourth-order valence-electron chi connectivity index (χ4n) is 0.506. The van der Waals surface area contributed by atoms with Crippen LogP contribution in [0.15, 0.2) is 0 Å². The molecule has 0 heterocycles. The summed E-state index contributed by atoms with van der Waals surface area (Å²) < 4.78 is 0. The molecule has 0 saturated heterocycles. The van der Waals surface area contributed by atoms with Crippen LogP contribution in [0.25, 0.3) is 0 Å². The molecule has 0 amide bonds. The Labute approximate surface area is 104 Å². The van der Waals surface area contributed by atoms with Crippen molar-refractivity contribution >= 4 is 42.6 Å². The van der Waals surface area contributed by atoms with Crippen molar-refractivity contribution in [3.63, 3.8) is 0 Å². The Morgan fingerprint density at radius 1 is 0.846 bits per heavy atom. The molecule has 0 aliphatic heterocycles. The van der Waals surface area contributed by atoms with Crippen molar-refractivity contribution in [3.05, 3.63) is 0 Å². The molecule has 0 unspecified atom stereocenters. The van der Waals surface area contributed by atoms with Crippen LogP contribution in [0.3, 0.4) is 0 Å². The maximum atomic E-state index is 8.42. The summed E-state index contributed by atoms with van der Waals surface area (Å²) in [6.07, 6.45) is 0. The van der Waals surface area contributed by atoms with E-state index in [1.165, 1.54) is 23.5 Å². The second-order valence-electron chi connectivity index (χ2n) is 1.83. The van der Waals surface area contributed by atoms with Crippen LogP contribution in [0, 0.1) is 0 Å². The second kappa shape index (κ2) is 19.4. The summed E-state index contributed by atoms with van der Waals surface area (Å²) in [5.74, 6) is 4.10. The Balaban J connectivity index is 0. The quantitative estimate of drug-likeness (QED) is 0.290. The molecule has 0 spiro atoms. The third-order valence-corrected chi connectivity index (χ3v) is 3.40. The van der Waals surface area contributed by atoms with Crippen LogP contribution < -0.4 is 0 Å². The predicted molar refractivity (Wildman–Crippen MR) is 62.9 cm³/mol. The zero-order chi connectivity index (χ0) is 10.4. The fraction of sp³-hybridized carbons (Fsp3) is 1.00. The van der Waals surface area contributed by atoms with E-state index in [0.29, 0.717) is 13.2 Å². The summed E-state index contributed by atoms with van der Waals surface area (Å²) in [5, 5.41) is 16.8. The van der Waals surface area contributed by atoms with Gasteiger partial charge in [-0.2, -0.15) is 0 Å². The Morgan fingerprint density at radius 2 is 1.15 bits per heavy atom. The second-order valence-corrected chi connectivity index (χ2v) is 6.88. The van der Waals surface area contributed by atoms with Gasteiger partial charge in [0.25, 0.3) is 0 Å². The number of aliphatic hydroxyl groups is 2. The Kier molecular flexibility index (Phi) is 25.8. The average Bonchev–Trinajstić information content (AvgIpc) is 2.13. The van der Waals surface area contributed by atoms with Gasteiger partial charge in [-0.15, -0.1) is 0 Å². The zero-order valence-electron chi connectivity index (χ0n) is 7.10. The molecule has 0 aromatic heterocycles. The predicted octanol–water partition coefficient (Wildman–Crippen LogP) is -0.0227. The van der Waals surface area contributed by atoms with E-state index >= 15 is 0 Å². The third kappa shape index (κ3) is 24.8. The van der Waals surface area contributed by atoms with Gasteiger partial charge in [0.1, 0.15) is 23.0 Å². The minimum atomic E-state index is -0.106. The standard InChI is InChI=1S/C6H14O2S2.2ClH.Pd/c7-1-3-9-5-6-10-4-2-8;;;/h7-8H,1-6H2;2*1H;/q;;;+2. The van der Waals surface area contributed by atoms with Crippen LogP contribution in [-0.2, 0) is 39.5 Å². The Bertz CT molecular complexity index is 75.7. The number of hydrogen-bond acceptors (Lipinski definition) is 2. The average molecular weight is 362 g/mol. The van der Waals surface area contributed by atoms with Crippen LogP contribution in [0.4, 0.5) is 0 Å². The number of aliphatic hydroxyl groups excluding tert-OH is 2. The van der Waals surface area contributed by atoms with Crippen LogP contribution in [0.2, 0.25) is 0 Å². The normalized spacial score (nSPS) is 9.54. The van der Waals surface area contributed by atoms with E-state index in [2.05, 4.69) is 0 Å². The zero-order valence-corrected chi connectivity index (χ0v) is 12.0. The molecule has 2 nitrogen and oxygen atoms in total. The third-order valence-electron chi connectivity index (χ3n) is 0.932. The van der Waals surface area contributed by atoms with Crippen molar-refractivity contribution in [2.45, 2.75) is 0 Å². The number of halogens is 2. The monoisotopic (exact) mass is 360 g/mol. The first-order chi connectivity index (χ1) is 6.33. The van der Waals surface area contributed by atoms with Gasteiger partial charge in [-0.3, -0.25) is 0 Å². The van der Waals surface area contributed by atoms with Gasteiger partial charge in [-0.1, -0.05) is 0 Å². The van der Waals surface area contributed by atoms with Gasteiger partial charge in [0, 0.05) is 0 Å². The summed E-state index contributed by atoms with van der Waals surface area (Å²) in [7, 11) is 9.63. The fourth-order valence-corrected chi connectivity index (χ4v) is 2.37. The SMILES string of the molecule is OCC[SH+]CC[SH+]CCO.[Cl][Pd][Cl]. The summed E-state index contributed by atoms with van der Waals surface area (Å²) in [5.41, 5.74) is 0. The van der Waals surface area contributed by atoms with Crippen LogP contribution >= 0.6 is 19.1 Å². The van der Waals surface area contributed by atoms with E-state index in [9.17, 15) is 0 Å². The molecule has 2 N–H and O–H groups in total. The van der Waals surface area contributed by atoms with E-state index < -0.39 is 0 Å². The molecule has 0 atom stereocenters. The van der Waals surface area contributed by atoms with Gasteiger partial charge in [0.2, 0.25) is 0 Å². The van der Waals surface area contributed by atoms with E-state index in [1.54, 1.807) is 0 Å². The molecular formula is C6H16Cl2O2PdS2+2. The van der Waals surface area contributed by atoms with E-state index in [0.717, 1.165) is 23.0 Å². The van der Waals surface area contributed by atoms with E-state index in [-0.39, 0.29) is 15.9 Å². The van der Waals surface area contributed by atoms with Crippen LogP contribution in [0.1, 0.15) is 0 Å². The molecule has 86 valence electrons. The first kappa shape index (κ1) is 17.3. The molecule has 0 aliphatic rings. The molecule has 0 radical (unpaired) electrons. The van der Waals surface area contributed by atoms with Gasteiger partial charge >= 0.3 is 35.0 Å². The van der Waals surface area contributed by atoms with Crippen molar-refractivity contribution in [3.8, 4) is 0 Å². The summed E-state index contributed by atoms with van der Waals surface area (Å²) in [4.78, 5) is 0. The van der Waals surface area contributed by atoms with Crippen molar-refractivity contribution in [2.24, 2.45) is 0 Å². The van der Waals surface area contributed by atoms with Crippen molar-refractivity contribution < 1.29 is 26.2 Å². The molecule has 0 saturated carbocycles. The topological polar surface area (TPSA) is 40.5 Å². The van der Waals surface area contributed by atoms with Crippen LogP contribution in [-0.4, -0.2) is 46.4 Å². The minimum absolute atomic E-state index is 0.106. The van der Waals surface area contributed by atoms with Gasteiger partial charge in [-0.05, 0) is 23.5 Å². The summed E-state index contributed by atoms with van der Waals surface area (Å²) in [6.45, 7) is 0.608. The first-order valence-electron chi connectivity index (χ1n) is 3.64. The van der Waals surface area contributed by atoms with E-state index in [1.807, 2.05) is 0 Å². The van der Waals surface area contributed by atoms with Crippen molar-refractivity contribution in [2.75, 3.05) is 36.2 Å². The summed E-state index contributed by atoms with van der Waals surface area (Å²) >= 11 is 2.56. The molecule has 0 aromatic carbocycles. The molecule has 0 aromatic rings. The number of thiol groups is 2. The van der Waals surface area contributed by atoms with Gasteiger partial charge < -0.3 is 10.2 Å². The molecule has 0 bridgehead atoms. The molecule has 0 rings (SSSR count). The van der Waals surface area contributed by atoms with E-state index in [4.69, 9.17) is 29.3 Å². The molecule has 13 heavy (non-hydrogen) atoms. The van der Waals surface area contributed by atoms with Crippen molar-refractivity contribution in [1.82, 2.24) is 0 Å². The Morgan fingerprint density at radius 3 is 1.38 bits per heavy atom. The van der Waals surface area contributed by atoms with Gasteiger partial charge in [0.05, 0.1) is 13.2 Å². The summed E-state index contributed by atoms with van der Waals surface area (Å²) in [6, 6.07) is 0. The van der Waals surface area contributed by atoms with Gasteiger partial charge in [-0.25, -0.2) is 0 Å². The van der Waals surface area contributed by atoms with Crippen molar-refractivity contribution in [1.29, 1.82) is 0 Å². The molecule has 0 fully saturated rings. The molecule has 0 aliphatic carbocycles. The number of hydrogen-bond donors (Lipinski definition) is 2. The Hall–Kier alpha value is 1.86.